The van der Waals surface area contributed by atoms with Crippen molar-refractivity contribution < 1.29 is 4.74 Å². The Morgan fingerprint density at radius 3 is 2.42 bits per heavy atom. The fourth-order valence-corrected chi connectivity index (χ4v) is 2.79. The molecule has 0 aliphatic heterocycles. The van der Waals surface area contributed by atoms with Crippen LogP contribution in [-0.2, 0) is 6.61 Å². The molecule has 0 unspecified atom stereocenters. The number of hydrogen-bond acceptors (Lipinski definition) is 3. The van der Waals surface area contributed by atoms with Crippen LogP contribution < -0.4 is 10.1 Å². The van der Waals surface area contributed by atoms with Gasteiger partial charge in [0.25, 0.3) is 0 Å². The summed E-state index contributed by atoms with van der Waals surface area (Å²) in [5, 5.41) is 3.49. The average molecular weight is 326 g/mol. The van der Waals surface area contributed by atoms with Crippen LogP contribution in [0, 0.1) is 20.8 Å². The summed E-state index contributed by atoms with van der Waals surface area (Å²) in [4.78, 5) is 4.73. The van der Waals surface area contributed by atoms with Crippen LogP contribution in [0.25, 0.3) is 0 Å². The van der Waals surface area contributed by atoms with E-state index in [2.05, 4.69) is 38.2 Å². The number of nitrogens with zero attached hydrogens (tertiary/aromatic N) is 1. The van der Waals surface area contributed by atoms with Crippen LogP contribution >= 0.6 is 0 Å². The predicted octanol–water partition coefficient (Wildman–Crippen LogP) is 5.58. The maximum absolute atomic E-state index is 6.06. The topological polar surface area (TPSA) is 34.2 Å². The first-order chi connectivity index (χ1) is 11.6. The highest BCUT2D eigenvalue weighted by Gasteiger charge is 2.13. The lowest BCUT2D eigenvalue weighted by atomic mass is 10.1. The molecule has 0 saturated carbocycles. The minimum absolute atomic E-state index is 0.577. The van der Waals surface area contributed by atoms with E-state index < -0.39 is 0 Å². The van der Waals surface area contributed by atoms with Crippen LogP contribution in [-0.4, -0.2) is 11.5 Å². The Morgan fingerprint density at radius 1 is 0.958 bits per heavy atom. The Balaban J connectivity index is 2.01. The Bertz CT molecular complexity index is 638. The summed E-state index contributed by atoms with van der Waals surface area (Å²) in [6.07, 6.45) is 5.04. The lowest BCUT2D eigenvalue weighted by Gasteiger charge is -2.17. The molecule has 0 atom stereocenters. The lowest BCUT2D eigenvalue weighted by Crippen LogP contribution is -2.09. The zero-order valence-electron chi connectivity index (χ0n) is 15.5. The normalized spacial score (nSPS) is 10.7. The number of pyridine rings is 1. The van der Waals surface area contributed by atoms with Crippen LogP contribution in [0.15, 0.2) is 30.3 Å². The summed E-state index contributed by atoms with van der Waals surface area (Å²) >= 11 is 0. The molecule has 0 amide bonds. The summed E-state index contributed by atoms with van der Waals surface area (Å²) in [5.41, 5.74) is 4.48. The molecule has 3 nitrogen and oxygen atoms in total. The van der Waals surface area contributed by atoms with Crippen LogP contribution in [0.3, 0.4) is 0 Å². The standard InChI is InChI=1S/C21H30N2O/c1-5-6-7-11-14-22-21-17(3)16(2)20(18(4)23-21)24-15-19-12-9-8-10-13-19/h8-10,12-13H,5-7,11,14-15H2,1-4H3,(H,22,23). The molecule has 0 aliphatic rings. The molecule has 1 aromatic carbocycles. The highest BCUT2D eigenvalue weighted by molar-refractivity contribution is 5.54. The van der Waals surface area contributed by atoms with Gasteiger partial charge in [-0.2, -0.15) is 0 Å². The first kappa shape index (κ1) is 18.3. The van der Waals surface area contributed by atoms with Gasteiger partial charge in [0.1, 0.15) is 18.2 Å². The second kappa shape index (κ2) is 9.31. The number of ether oxygens (including phenoxy) is 1. The maximum atomic E-state index is 6.06. The number of hydrogen-bond donors (Lipinski definition) is 1. The molecule has 0 spiro atoms. The van der Waals surface area contributed by atoms with Crippen molar-refractivity contribution in [3.63, 3.8) is 0 Å². The van der Waals surface area contributed by atoms with Crippen molar-refractivity contribution in [3.8, 4) is 5.75 Å². The molecule has 2 aromatic rings. The molecule has 0 fully saturated rings. The van der Waals surface area contributed by atoms with Gasteiger partial charge < -0.3 is 10.1 Å². The zero-order chi connectivity index (χ0) is 17.4. The molecule has 0 aliphatic carbocycles. The van der Waals surface area contributed by atoms with E-state index >= 15 is 0 Å². The van der Waals surface area contributed by atoms with Crippen molar-refractivity contribution in [2.75, 3.05) is 11.9 Å². The van der Waals surface area contributed by atoms with Gasteiger partial charge in [0.15, 0.2) is 0 Å². The fourth-order valence-electron chi connectivity index (χ4n) is 2.79. The van der Waals surface area contributed by atoms with Gasteiger partial charge in [0.05, 0.1) is 5.69 Å². The van der Waals surface area contributed by atoms with Crippen LogP contribution in [0.5, 0.6) is 5.75 Å². The van der Waals surface area contributed by atoms with Gasteiger partial charge in [-0.15, -0.1) is 0 Å². The molecular weight excluding hydrogens is 296 g/mol. The van der Waals surface area contributed by atoms with Crippen molar-refractivity contribution in [2.24, 2.45) is 0 Å². The molecule has 1 heterocycles. The van der Waals surface area contributed by atoms with Crippen LogP contribution in [0.4, 0.5) is 5.82 Å². The second-order valence-electron chi connectivity index (χ2n) is 6.39. The van der Waals surface area contributed by atoms with E-state index in [1.165, 1.54) is 42.4 Å². The molecule has 0 saturated heterocycles. The van der Waals surface area contributed by atoms with Crippen LogP contribution in [0.2, 0.25) is 0 Å². The van der Waals surface area contributed by atoms with Gasteiger partial charge in [-0.25, -0.2) is 4.98 Å². The van der Waals surface area contributed by atoms with Crippen molar-refractivity contribution in [2.45, 2.75) is 60.0 Å². The third-order valence-electron chi connectivity index (χ3n) is 4.42. The summed E-state index contributed by atoms with van der Waals surface area (Å²) in [5.74, 6) is 1.90. The SMILES string of the molecule is CCCCCCNc1nc(C)c(OCc2ccccc2)c(C)c1C. The van der Waals surface area contributed by atoms with Gasteiger partial charge in [-0.1, -0.05) is 56.5 Å². The monoisotopic (exact) mass is 326 g/mol. The lowest BCUT2D eigenvalue weighted by molar-refractivity contribution is 0.300. The molecule has 130 valence electrons. The predicted molar refractivity (Wildman–Crippen MR) is 102 cm³/mol. The van der Waals surface area contributed by atoms with E-state index in [-0.39, 0.29) is 0 Å². The van der Waals surface area contributed by atoms with E-state index in [0.717, 1.165) is 23.8 Å². The molecule has 0 bridgehead atoms. The Morgan fingerprint density at radius 2 is 1.71 bits per heavy atom. The highest BCUT2D eigenvalue weighted by atomic mass is 16.5. The highest BCUT2D eigenvalue weighted by Crippen LogP contribution is 2.29. The number of aromatic nitrogens is 1. The minimum atomic E-state index is 0.577. The van der Waals surface area contributed by atoms with E-state index in [0.29, 0.717) is 6.61 Å². The largest absolute Gasteiger partial charge is 0.487 e. The quantitative estimate of drug-likeness (QED) is 0.611. The van der Waals surface area contributed by atoms with E-state index in [1.807, 2.05) is 25.1 Å². The Labute approximate surface area is 146 Å². The Hall–Kier alpha value is -2.03. The van der Waals surface area contributed by atoms with Crippen molar-refractivity contribution in [1.82, 2.24) is 4.98 Å². The molecule has 24 heavy (non-hydrogen) atoms. The first-order valence-electron chi connectivity index (χ1n) is 9.01. The Kier molecular flexibility index (Phi) is 7.10. The number of unbranched alkanes of at least 4 members (excludes halogenated alkanes) is 3. The number of benzene rings is 1. The van der Waals surface area contributed by atoms with Gasteiger partial charge in [0.2, 0.25) is 0 Å². The summed E-state index contributed by atoms with van der Waals surface area (Å²) < 4.78 is 6.06. The third kappa shape index (κ3) is 4.98. The first-order valence-corrected chi connectivity index (χ1v) is 9.01. The number of aryl methyl sites for hydroxylation is 1. The van der Waals surface area contributed by atoms with Crippen molar-refractivity contribution in [3.05, 3.63) is 52.7 Å². The summed E-state index contributed by atoms with van der Waals surface area (Å²) in [7, 11) is 0. The summed E-state index contributed by atoms with van der Waals surface area (Å²) in [6, 6.07) is 10.3. The van der Waals surface area contributed by atoms with Gasteiger partial charge >= 0.3 is 0 Å². The molecule has 1 aromatic heterocycles. The second-order valence-corrected chi connectivity index (χ2v) is 6.39. The van der Waals surface area contributed by atoms with Crippen molar-refractivity contribution in [1.29, 1.82) is 0 Å². The number of anilines is 1. The smallest absolute Gasteiger partial charge is 0.144 e. The van der Waals surface area contributed by atoms with Gasteiger partial charge in [0, 0.05) is 6.54 Å². The summed E-state index contributed by atoms with van der Waals surface area (Å²) in [6.45, 7) is 10.1. The fraction of sp³-hybridized carbons (Fsp3) is 0.476. The molecule has 1 N–H and O–H groups in total. The van der Waals surface area contributed by atoms with E-state index in [4.69, 9.17) is 9.72 Å². The van der Waals surface area contributed by atoms with Gasteiger partial charge in [-0.3, -0.25) is 0 Å². The number of nitrogens with one attached hydrogen (secondary N) is 1. The average Bonchev–Trinajstić information content (AvgIpc) is 2.59. The van der Waals surface area contributed by atoms with E-state index in [1.54, 1.807) is 0 Å². The van der Waals surface area contributed by atoms with E-state index in [9.17, 15) is 0 Å². The molecular formula is C21H30N2O. The maximum Gasteiger partial charge on any atom is 0.144 e. The number of rotatable bonds is 9. The van der Waals surface area contributed by atoms with Gasteiger partial charge in [-0.05, 0) is 43.9 Å². The third-order valence-corrected chi connectivity index (χ3v) is 4.42. The molecule has 0 radical (unpaired) electrons. The molecule has 2 rings (SSSR count). The van der Waals surface area contributed by atoms with Crippen LogP contribution in [0.1, 0.15) is 55.0 Å². The van der Waals surface area contributed by atoms with Crippen molar-refractivity contribution >= 4 is 5.82 Å². The molecule has 3 heteroatoms. The zero-order valence-corrected chi connectivity index (χ0v) is 15.5. The minimum Gasteiger partial charge on any atom is -0.487 e.